The summed E-state index contributed by atoms with van der Waals surface area (Å²) in [4.78, 5) is 38.4. The van der Waals surface area contributed by atoms with E-state index in [2.05, 4.69) is 33.7 Å². The molecule has 6 rings (SSSR count). The fourth-order valence-corrected chi connectivity index (χ4v) is 7.03. The standard InChI is InChI=1S/C33H31N3O7S/c1-42-22-9-6-20(7-10-22)17-36-18-28-25(29(32(38)39)31(44-28)35-30(37)33(40)41)15-21(36)16-34-13-12-19-8-11-27-24(14-19)23-4-2-3-5-26(23)43-27/h2-11,14,21,34H,12-13,15-18H2,1H3,(H,35,37)(H,38,39)(H,40,41). The zero-order valence-electron chi connectivity index (χ0n) is 24.0. The Hall–Kier alpha value is -4.71. The summed E-state index contributed by atoms with van der Waals surface area (Å²) in [5.74, 6) is -3.37. The highest BCUT2D eigenvalue weighted by molar-refractivity contribution is 7.17. The summed E-state index contributed by atoms with van der Waals surface area (Å²) in [6.45, 7) is 2.41. The van der Waals surface area contributed by atoms with Crippen LogP contribution in [0.4, 0.5) is 5.00 Å². The van der Waals surface area contributed by atoms with Crippen LogP contribution in [0.15, 0.2) is 71.1 Å². The van der Waals surface area contributed by atoms with Crippen molar-refractivity contribution in [2.24, 2.45) is 0 Å². The number of hydrogen-bond donors (Lipinski definition) is 4. The lowest BCUT2D eigenvalue weighted by Gasteiger charge is -2.36. The van der Waals surface area contributed by atoms with Gasteiger partial charge in [-0.15, -0.1) is 11.3 Å². The summed E-state index contributed by atoms with van der Waals surface area (Å²) in [5.41, 5.74) is 4.59. The molecule has 4 N–H and O–H groups in total. The number of nitrogens with one attached hydrogen (secondary N) is 2. The second-order valence-corrected chi connectivity index (χ2v) is 11.9. The van der Waals surface area contributed by atoms with E-state index in [4.69, 9.17) is 14.3 Å². The number of carboxylic acid groups (broad SMARTS) is 2. The number of furan rings is 1. The molecular weight excluding hydrogens is 582 g/mol. The fourth-order valence-electron chi connectivity index (χ4n) is 5.79. The number of anilines is 1. The number of nitrogens with zero attached hydrogens (tertiary/aromatic N) is 1. The van der Waals surface area contributed by atoms with Gasteiger partial charge in [0.05, 0.1) is 12.7 Å². The number of carboxylic acids is 2. The van der Waals surface area contributed by atoms with Gasteiger partial charge in [0.15, 0.2) is 0 Å². The van der Waals surface area contributed by atoms with Crippen LogP contribution in [0.2, 0.25) is 0 Å². The molecule has 2 aromatic heterocycles. The van der Waals surface area contributed by atoms with E-state index in [1.165, 1.54) is 5.56 Å². The van der Waals surface area contributed by atoms with Crippen molar-refractivity contribution in [1.29, 1.82) is 0 Å². The van der Waals surface area contributed by atoms with Crippen LogP contribution >= 0.6 is 11.3 Å². The average molecular weight is 614 g/mol. The Labute approximate surface area is 256 Å². The number of carbonyl (C=O) groups excluding carboxylic acids is 1. The summed E-state index contributed by atoms with van der Waals surface area (Å²) in [6, 6.07) is 22.0. The number of fused-ring (bicyclic) bond motifs is 4. The quantitative estimate of drug-likeness (QED) is 0.125. The zero-order chi connectivity index (χ0) is 30.8. The van der Waals surface area contributed by atoms with E-state index < -0.39 is 17.8 Å². The summed E-state index contributed by atoms with van der Waals surface area (Å²) in [6.07, 6.45) is 1.24. The van der Waals surface area contributed by atoms with Gasteiger partial charge >= 0.3 is 17.8 Å². The Balaban J connectivity index is 1.20. The van der Waals surface area contributed by atoms with Crippen LogP contribution in [0, 0.1) is 0 Å². The Morgan fingerprint density at radius 3 is 2.50 bits per heavy atom. The first-order chi connectivity index (χ1) is 21.3. The summed E-state index contributed by atoms with van der Waals surface area (Å²) in [5, 5.41) is 27.2. The molecule has 0 saturated heterocycles. The molecular formula is C33H31N3O7S. The van der Waals surface area contributed by atoms with Gasteiger partial charge in [0.2, 0.25) is 0 Å². The van der Waals surface area contributed by atoms with E-state index in [1.54, 1.807) is 7.11 Å². The van der Waals surface area contributed by atoms with Gasteiger partial charge in [0, 0.05) is 41.3 Å². The first-order valence-corrected chi connectivity index (χ1v) is 15.0. The molecule has 3 heterocycles. The van der Waals surface area contributed by atoms with Crippen LogP contribution < -0.4 is 15.4 Å². The Kier molecular flexibility index (Phi) is 8.34. The van der Waals surface area contributed by atoms with Gasteiger partial charge in [-0.3, -0.25) is 9.69 Å². The molecule has 0 radical (unpaired) electrons. The molecule has 3 aromatic carbocycles. The molecule has 226 valence electrons. The van der Waals surface area contributed by atoms with Gasteiger partial charge in [-0.1, -0.05) is 36.4 Å². The third-order valence-electron chi connectivity index (χ3n) is 7.98. The number of amides is 1. The van der Waals surface area contributed by atoms with Gasteiger partial charge < -0.3 is 30.0 Å². The van der Waals surface area contributed by atoms with Gasteiger partial charge in [-0.25, -0.2) is 9.59 Å². The SMILES string of the molecule is COc1ccc(CN2Cc3sc(NC(=O)C(=O)O)c(C(=O)O)c3CC2CNCCc2ccc3oc4ccccc4c3c2)cc1. The molecule has 10 nitrogen and oxygen atoms in total. The molecule has 0 saturated carbocycles. The fraction of sp³-hybridized carbons (Fsp3) is 0.242. The van der Waals surface area contributed by atoms with Crippen LogP contribution in [-0.4, -0.2) is 59.2 Å². The van der Waals surface area contributed by atoms with Crippen molar-refractivity contribution in [3.8, 4) is 5.75 Å². The second kappa shape index (κ2) is 12.5. The minimum atomic E-state index is -1.67. The van der Waals surface area contributed by atoms with E-state index in [1.807, 2.05) is 48.5 Å². The molecule has 1 aliphatic rings. The first-order valence-electron chi connectivity index (χ1n) is 14.2. The third kappa shape index (κ3) is 6.02. The van der Waals surface area contributed by atoms with Gasteiger partial charge in [-0.05, 0) is 66.4 Å². The van der Waals surface area contributed by atoms with E-state index >= 15 is 0 Å². The molecule has 0 fully saturated rings. The van der Waals surface area contributed by atoms with Gasteiger partial charge in [-0.2, -0.15) is 0 Å². The average Bonchev–Trinajstić information content (AvgIpc) is 3.56. The number of aliphatic carboxylic acids is 1. The van der Waals surface area contributed by atoms with Gasteiger partial charge in [0.1, 0.15) is 21.9 Å². The molecule has 1 atom stereocenters. The van der Waals surface area contributed by atoms with Crippen molar-refractivity contribution < 1.29 is 33.8 Å². The van der Waals surface area contributed by atoms with E-state index in [-0.39, 0.29) is 16.6 Å². The molecule has 1 unspecified atom stereocenters. The smallest absolute Gasteiger partial charge is 0.394 e. The molecule has 0 bridgehead atoms. The highest BCUT2D eigenvalue weighted by Gasteiger charge is 2.34. The summed E-state index contributed by atoms with van der Waals surface area (Å²) in [7, 11) is 1.62. The lowest BCUT2D eigenvalue weighted by atomic mass is 9.95. The normalized spacial score (nSPS) is 14.9. The van der Waals surface area contributed by atoms with Crippen molar-refractivity contribution in [2.75, 3.05) is 25.5 Å². The number of para-hydroxylation sites is 1. The maximum absolute atomic E-state index is 12.3. The highest BCUT2D eigenvalue weighted by atomic mass is 32.1. The topological polar surface area (TPSA) is 141 Å². The molecule has 0 spiro atoms. The number of rotatable bonds is 10. The molecule has 44 heavy (non-hydrogen) atoms. The molecule has 0 aliphatic carbocycles. The number of methoxy groups -OCH3 is 1. The number of thiophene rings is 1. The maximum atomic E-state index is 12.3. The van der Waals surface area contributed by atoms with E-state index in [0.29, 0.717) is 31.6 Å². The first kappa shape index (κ1) is 29.4. The predicted octanol–water partition coefficient (Wildman–Crippen LogP) is 5.14. The number of ether oxygens (including phenoxy) is 1. The lowest BCUT2D eigenvalue weighted by Crippen LogP contribution is -2.46. The third-order valence-corrected chi connectivity index (χ3v) is 9.12. The van der Waals surface area contributed by atoms with Gasteiger partial charge in [0.25, 0.3) is 0 Å². The van der Waals surface area contributed by atoms with Crippen LogP contribution in [0.25, 0.3) is 21.9 Å². The minimum absolute atomic E-state index is 0.0330. The van der Waals surface area contributed by atoms with Crippen LogP contribution in [0.1, 0.15) is 31.9 Å². The summed E-state index contributed by atoms with van der Waals surface area (Å²) < 4.78 is 11.3. The Morgan fingerprint density at radius 2 is 1.75 bits per heavy atom. The van der Waals surface area contributed by atoms with E-state index in [9.17, 15) is 19.5 Å². The highest BCUT2D eigenvalue weighted by Crippen LogP contribution is 2.39. The molecule has 5 aromatic rings. The van der Waals surface area contributed by atoms with Crippen LogP contribution in [-0.2, 0) is 35.5 Å². The predicted molar refractivity (Wildman–Crippen MR) is 168 cm³/mol. The van der Waals surface area contributed by atoms with Crippen molar-refractivity contribution in [3.05, 3.63) is 93.9 Å². The monoisotopic (exact) mass is 613 g/mol. The zero-order valence-corrected chi connectivity index (χ0v) is 24.8. The molecule has 1 amide bonds. The van der Waals surface area contributed by atoms with Crippen molar-refractivity contribution in [1.82, 2.24) is 10.2 Å². The largest absolute Gasteiger partial charge is 0.497 e. The van der Waals surface area contributed by atoms with Crippen molar-refractivity contribution in [3.63, 3.8) is 0 Å². The van der Waals surface area contributed by atoms with Crippen molar-refractivity contribution in [2.45, 2.75) is 32.0 Å². The Bertz CT molecular complexity index is 1860. The Morgan fingerprint density at radius 1 is 1.00 bits per heavy atom. The van der Waals surface area contributed by atoms with Crippen LogP contribution in [0.5, 0.6) is 5.75 Å². The number of benzene rings is 3. The number of hydrogen-bond acceptors (Lipinski definition) is 8. The molecule has 1 aliphatic heterocycles. The van der Waals surface area contributed by atoms with Crippen LogP contribution in [0.3, 0.4) is 0 Å². The second-order valence-electron chi connectivity index (χ2n) is 10.8. The van der Waals surface area contributed by atoms with E-state index in [0.717, 1.165) is 62.4 Å². The molecule has 11 heteroatoms. The maximum Gasteiger partial charge on any atom is 0.394 e. The number of aromatic carboxylic acids is 1. The summed E-state index contributed by atoms with van der Waals surface area (Å²) >= 11 is 1.12. The number of carbonyl (C=O) groups is 3. The minimum Gasteiger partial charge on any atom is -0.497 e. The van der Waals surface area contributed by atoms with Crippen molar-refractivity contribution >= 4 is 56.1 Å². The lowest BCUT2D eigenvalue weighted by molar-refractivity contribution is -0.147.